The number of anilines is 1. The zero-order valence-corrected chi connectivity index (χ0v) is 10.9. The Hall–Kier alpha value is -0.800. The first-order valence-corrected chi connectivity index (χ1v) is 6.72. The van der Waals surface area contributed by atoms with Gasteiger partial charge in [0.2, 0.25) is 0 Å². The quantitative estimate of drug-likeness (QED) is 0.776. The molecular weight excluding hydrogens is 234 g/mol. The lowest BCUT2D eigenvalue weighted by molar-refractivity contribution is 0.234. The van der Waals surface area contributed by atoms with E-state index in [1.807, 2.05) is 13.1 Å². The first-order valence-electron chi connectivity index (χ1n) is 6.34. The van der Waals surface area contributed by atoms with Crippen LogP contribution in [-0.2, 0) is 0 Å². The Kier molecular flexibility index (Phi) is 2.97. The van der Waals surface area contributed by atoms with Crippen LogP contribution in [0.2, 0.25) is 5.15 Å². The second kappa shape index (κ2) is 4.46. The molecule has 0 saturated carbocycles. The fraction of sp³-hybridized carbons (Fsp3) is 0.615. The van der Waals surface area contributed by atoms with Crippen LogP contribution >= 0.6 is 11.6 Å². The van der Waals surface area contributed by atoms with Crippen LogP contribution in [0.5, 0.6) is 0 Å². The standard InChI is InChI=1S/C13H18ClN3/c1-9-5-11(7-16-13(9)14)17-4-2-3-10-6-15-12(10)8-17/h5,7,10,12,15H,2-4,6,8H2,1H3/t10-,12-/m1/s1. The number of rotatable bonds is 1. The molecule has 1 N–H and O–H groups in total. The summed E-state index contributed by atoms with van der Waals surface area (Å²) in [6.45, 7) is 5.46. The van der Waals surface area contributed by atoms with Crippen molar-refractivity contribution in [2.75, 3.05) is 24.5 Å². The summed E-state index contributed by atoms with van der Waals surface area (Å²) >= 11 is 5.97. The molecular formula is C13H18ClN3. The summed E-state index contributed by atoms with van der Waals surface area (Å²) in [4.78, 5) is 6.69. The van der Waals surface area contributed by atoms with E-state index < -0.39 is 0 Å². The van der Waals surface area contributed by atoms with Gasteiger partial charge in [-0.25, -0.2) is 4.98 Å². The zero-order valence-electron chi connectivity index (χ0n) is 10.1. The van der Waals surface area contributed by atoms with Crippen LogP contribution in [0.25, 0.3) is 0 Å². The summed E-state index contributed by atoms with van der Waals surface area (Å²) in [5.41, 5.74) is 2.27. The van der Waals surface area contributed by atoms with Gasteiger partial charge in [-0.1, -0.05) is 11.6 Å². The van der Waals surface area contributed by atoms with Gasteiger partial charge >= 0.3 is 0 Å². The van der Waals surface area contributed by atoms with E-state index in [1.165, 1.54) is 25.1 Å². The highest BCUT2D eigenvalue weighted by Crippen LogP contribution is 2.28. The van der Waals surface area contributed by atoms with E-state index >= 15 is 0 Å². The van der Waals surface area contributed by atoms with Gasteiger partial charge in [-0.3, -0.25) is 0 Å². The van der Waals surface area contributed by atoms with Crippen molar-refractivity contribution in [1.82, 2.24) is 10.3 Å². The zero-order chi connectivity index (χ0) is 11.8. The Morgan fingerprint density at radius 3 is 3.12 bits per heavy atom. The molecule has 4 heteroatoms. The fourth-order valence-corrected chi connectivity index (χ4v) is 2.90. The van der Waals surface area contributed by atoms with E-state index in [0.29, 0.717) is 11.2 Å². The lowest BCUT2D eigenvalue weighted by atomic mass is 9.89. The maximum atomic E-state index is 5.97. The molecule has 2 atom stereocenters. The first-order chi connectivity index (χ1) is 8.24. The summed E-state index contributed by atoms with van der Waals surface area (Å²) < 4.78 is 0. The van der Waals surface area contributed by atoms with Crippen LogP contribution in [0.4, 0.5) is 5.69 Å². The van der Waals surface area contributed by atoms with E-state index in [-0.39, 0.29) is 0 Å². The minimum absolute atomic E-state index is 0.614. The number of nitrogens with zero attached hydrogens (tertiary/aromatic N) is 2. The van der Waals surface area contributed by atoms with Crippen LogP contribution in [0.1, 0.15) is 18.4 Å². The van der Waals surface area contributed by atoms with Crippen molar-refractivity contribution in [3.05, 3.63) is 23.0 Å². The predicted molar refractivity (Wildman–Crippen MR) is 70.7 cm³/mol. The highest BCUT2D eigenvalue weighted by molar-refractivity contribution is 6.30. The maximum absolute atomic E-state index is 5.97. The Morgan fingerprint density at radius 1 is 1.53 bits per heavy atom. The summed E-state index contributed by atoms with van der Waals surface area (Å²) in [6, 6.07) is 2.82. The van der Waals surface area contributed by atoms with Gasteiger partial charge in [0.15, 0.2) is 0 Å². The van der Waals surface area contributed by atoms with Gasteiger partial charge in [-0.2, -0.15) is 0 Å². The van der Waals surface area contributed by atoms with Gasteiger partial charge in [0.1, 0.15) is 5.15 Å². The van der Waals surface area contributed by atoms with Crippen molar-refractivity contribution >= 4 is 17.3 Å². The van der Waals surface area contributed by atoms with Crippen molar-refractivity contribution < 1.29 is 0 Å². The summed E-state index contributed by atoms with van der Waals surface area (Å²) in [5.74, 6) is 0.890. The molecule has 2 aliphatic rings. The molecule has 2 saturated heterocycles. The Labute approximate surface area is 107 Å². The number of pyridine rings is 1. The molecule has 17 heavy (non-hydrogen) atoms. The largest absolute Gasteiger partial charge is 0.369 e. The Bertz CT molecular complexity index is 421. The van der Waals surface area contributed by atoms with E-state index in [2.05, 4.69) is 21.3 Å². The topological polar surface area (TPSA) is 28.2 Å². The third kappa shape index (κ3) is 2.14. The second-order valence-electron chi connectivity index (χ2n) is 5.16. The highest BCUT2D eigenvalue weighted by atomic mass is 35.5. The fourth-order valence-electron chi connectivity index (χ4n) is 2.79. The average molecular weight is 252 g/mol. The van der Waals surface area contributed by atoms with Gasteiger partial charge in [-0.15, -0.1) is 0 Å². The molecule has 0 aliphatic carbocycles. The van der Waals surface area contributed by atoms with Crippen LogP contribution in [0, 0.1) is 12.8 Å². The van der Waals surface area contributed by atoms with Gasteiger partial charge in [0.05, 0.1) is 11.9 Å². The third-order valence-electron chi connectivity index (χ3n) is 4.00. The molecule has 0 bridgehead atoms. The van der Waals surface area contributed by atoms with Gasteiger partial charge < -0.3 is 10.2 Å². The number of hydrogen-bond acceptors (Lipinski definition) is 3. The SMILES string of the molecule is Cc1cc(N2CCC[C@@H]3CN[C@@H]3C2)cnc1Cl. The van der Waals surface area contributed by atoms with Crippen LogP contribution in [0.3, 0.4) is 0 Å². The summed E-state index contributed by atoms with van der Waals surface area (Å²) in [5, 5.41) is 4.14. The smallest absolute Gasteiger partial charge is 0.132 e. The van der Waals surface area contributed by atoms with Crippen molar-refractivity contribution in [2.45, 2.75) is 25.8 Å². The van der Waals surface area contributed by atoms with Gasteiger partial charge in [0, 0.05) is 19.1 Å². The van der Waals surface area contributed by atoms with E-state index in [4.69, 9.17) is 11.6 Å². The summed E-state index contributed by atoms with van der Waals surface area (Å²) in [7, 11) is 0. The molecule has 3 rings (SSSR count). The van der Waals surface area contributed by atoms with Crippen molar-refractivity contribution in [1.29, 1.82) is 0 Å². The molecule has 0 aromatic carbocycles. The Balaban J connectivity index is 1.80. The molecule has 0 amide bonds. The molecule has 92 valence electrons. The lowest BCUT2D eigenvalue weighted by Crippen LogP contribution is -2.56. The highest BCUT2D eigenvalue weighted by Gasteiger charge is 2.33. The lowest BCUT2D eigenvalue weighted by Gasteiger charge is -2.38. The van der Waals surface area contributed by atoms with Crippen molar-refractivity contribution in [3.63, 3.8) is 0 Å². The molecule has 0 radical (unpaired) electrons. The predicted octanol–water partition coefficient (Wildman–Crippen LogP) is 2.23. The summed E-state index contributed by atoms with van der Waals surface area (Å²) in [6.07, 6.45) is 4.53. The van der Waals surface area contributed by atoms with Crippen molar-refractivity contribution in [2.24, 2.45) is 5.92 Å². The molecule has 1 aromatic rings. The van der Waals surface area contributed by atoms with Gasteiger partial charge in [-0.05, 0) is 43.9 Å². The second-order valence-corrected chi connectivity index (χ2v) is 5.52. The minimum atomic E-state index is 0.614. The number of aromatic nitrogens is 1. The number of nitrogens with one attached hydrogen (secondary N) is 1. The van der Waals surface area contributed by atoms with E-state index in [0.717, 1.165) is 24.6 Å². The van der Waals surface area contributed by atoms with E-state index in [1.54, 1.807) is 0 Å². The number of fused-ring (bicyclic) bond motifs is 1. The van der Waals surface area contributed by atoms with Crippen molar-refractivity contribution in [3.8, 4) is 0 Å². The van der Waals surface area contributed by atoms with Crippen LogP contribution < -0.4 is 10.2 Å². The minimum Gasteiger partial charge on any atom is -0.369 e. The third-order valence-corrected chi connectivity index (χ3v) is 4.39. The van der Waals surface area contributed by atoms with Gasteiger partial charge in [0.25, 0.3) is 0 Å². The monoisotopic (exact) mass is 251 g/mol. The molecule has 0 unspecified atom stereocenters. The van der Waals surface area contributed by atoms with E-state index in [9.17, 15) is 0 Å². The average Bonchev–Trinajstić information content (AvgIpc) is 2.43. The first kappa shape index (κ1) is 11.3. The Morgan fingerprint density at radius 2 is 2.41 bits per heavy atom. The van der Waals surface area contributed by atoms with Crippen LogP contribution in [-0.4, -0.2) is 30.7 Å². The number of halogens is 1. The molecule has 2 aliphatic heterocycles. The maximum Gasteiger partial charge on any atom is 0.132 e. The van der Waals surface area contributed by atoms with Crippen LogP contribution in [0.15, 0.2) is 12.3 Å². The number of hydrogen-bond donors (Lipinski definition) is 1. The molecule has 2 fully saturated rings. The molecule has 0 spiro atoms. The molecule has 3 nitrogen and oxygen atoms in total. The normalized spacial score (nSPS) is 28.2. The molecule has 3 heterocycles. The number of aryl methyl sites for hydroxylation is 1. The molecule has 1 aromatic heterocycles.